The zero-order valence-electron chi connectivity index (χ0n) is 13.1. The standard InChI is InChI=1S/C18H18N2O2S/c1-12(2)13-7-9-14(10-8-13)22-11-17(21)20-18-19-15-5-3-4-6-16(15)23-18/h3-10,12H,11H2,1-2H3,(H,19,20,21). The van der Waals surface area contributed by atoms with Gasteiger partial charge in [0, 0.05) is 0 Å². The van der Waals surface area contributed by atoms with E-state index < -0.39 is 0 Å². The van der Waals surface area contributed by atoms with Crippen LogP contribution in [0.4, 0.5) is 5.13 Å². The summed E-state index contributed by atoms with van der Waals surface area (Å²) in [6.45, 7) is 4.25. The molecule has 0 fully saturated rings. The molecule has 3 rings (SSSR count). The van der Waals surface area contributed by atoms with Gasteiger partial charge in [-0.05, 0) is 35.7 Å². The van der Waals surface area contributed by atoms with Crippen LogP contribution < -0.4 is 10.1 Å². The van der Waals surface area contributed by atoms with Gasteiger partial charge in [-0.15, -0.1) is 0 Å². The fourth-order valence-corrected chi connectivity index (χ4v) is 3.06. The van der Waals surface area contributed by atoms with Gasteiger partial charge in [-0.1, -0.05) is 49.4 Å². The van der Waals surface area contributed by atoms with Crippen molar-refractivity contribution < 1.29 is 9.53 Å². The predicted octanol–water partition coefficient (Wildman–Crippen LogP) is 4.44. The van der Waals surface area contributed by atoms with Crippen LogP contribution in [0.5, 0.6) is 5.75 Å². The first-order valence-electron chi connectivity index (χ1n) is 7.50. The van der Waals surface area contributed by atoms with Crippen molar-refractivity contribution in [1.29, 1.82) is 0 Å². The van der Waals surface area contributed by atoms with Gasteiger partial charge < -0.3 is 4.74 Å². The SMILES string of the molecule is CC(C)c1ccc(OCC(=O)Nc2nc3ccccc3s2)cc1. The summed E-state index contributed by atoms with van der Waals surface area (Å²) in [5, 5.41) is 3.37. The molecule has 3 aromatic rings. The lowest BCUT2D eigenvalue weighted by atomic mass is 10.0. The van der Waals surface area contributed by atoms with Crippen LogP contribution in [0.15, 0.2) is 48.5 Å². The molecule has 1 aromatic heterocycles. The Morgan fingerprint density at radius 1 is 1.17 bits per heavy atom. The molecule has 0 saturated carbocycles. The van der Waals surface area contributed by atoms with Gasteiger partial charge in [0.05, 0.1) is 10.2 Å². The highest BCUT2D eigenvalue weighted by Gasteiger charge is 2.08. The first-order chi connectivity index (χ1) is 11.1. The van der Waals surface area contributed by atoms with Gasteiger partial charge in [-0.25, -0.2) is 4.98 Å². The Bertz CT molecular complexity index is 776. The van der Waals surface area contributed by atoms with Crippen LogP contribution in [0.25, 0.3) is 10.2 Å². The Morgan fingerprint density at radius 2 is 1.91 bits per heavy atom. The van der Waals surface area contributed by atoms with Crippen LogP contribution >= 0.6 is 11.3 Å². The van der Waals surface area contributed by atoms with E-state index in [1.165, 1.54) is 16.9 Å². The number of hydrogen-bond donors (Lipinski definition) is 1. The molecule has 2 aromatic carbocycles. The van der Waals surface area contributed by atoms with E-state index >= 15 is 0 Å². The summed E-state index contributed by atoms with van der Waals surface area (Å²) < 4.78 is 6.56. The number of nitrogens with zero attached hydrogens (tertiary/aromatic N) is 1. The van der Waals surface area contributed by atoms with Crippen molar-refractivity contribution >= 4 is 32.6 Å². The smallest absolute Gasteiger partial charge is 0.264 e. The van der Waals surface area contributed by atoms with Crippen molar-refractivity contribution in [3.8, 4) is 5.75 Å². The van der Waals surface area contributed by atoms with E-state index in [0.29, 0.717) is 16.8 Å². The number of aromatic nitrogens is 1. The molecule has 0 unspecified atom stereocenters. The number of hydrogen-bond acceptors (Lipinski definition) is 4. The third-order valence-corrected chi connectivity index (χ3v) is 4.41. The maximum Gasteiger partial charge on any atom is 0.264 e. The number of amides is 1. The number of ether oxygens (including phenoxy) is 1. The molecule has 0 spiro atoms. The quantitative estimate of drug-likeness (QED) is 0.754. The summed E-state index contributed by atoms with van der Waals surface area (Å²) in [4.78, 5) is 16.3. The van der Waals surface area contributed by atoms with E-state index in [4.69, 9.17) is 4.74 Å². The van der Waals surface area contributed by atoms with Crippen LogP contribution in [-0.2, 0) is 4.79 Å². The number of benzene rings is 2. The second kappa shape index (κ2) is 6.79. The van der Waals surface area contributed by atoms with Crippen molar-refractivity contribution in [2.24, 2.45) is 0 Å². The Labute approximate surface area is 139 Å². The average molecular weight is 326 g/mol. The van der Waals surface area contributed by atoms with Gasteiger partial charge >= 0.3 is 0 Å². The molecular weight excluding hydrogens is 308 g/mol. The van der Waals surface area contributed by atoms with Crippen molar-refractivity contribution in [3.05, 3.63) is 54.1 Å². The third kappa shape index (κ3) is 3.87. The summed E-state index contributed by atoms with van der Waals surface area (Å²) in [7, 11) is 0. The van der Waals surface area contributed by atoms with E-state index in [0.717, 1.165) is 10.2 Å². The van der Waals surface area contributed by atoms with Crippen molar-refractivity contribution in [2.75, 3.05) is 11.9 Å². The average Bonchev–Trinajstić information content (AvgIpc) is 2.95. The number of anilines is 1. The van der Waals surface area contributed by atoms with Crippen molar-refractivity contribution in [2.45, 2.75) is 19.8 Å². The van der Waals surface area contributed by atoms with E-state index in [9.17, 15) is 4.79 Å². The Morgan fingerprint density at radius 3 is 2.61 bits per heavy atom. The molecule has 4 nitrogen and oxygen atoms in total. The van der Waals surface area contributed by atoms with Gasteiger partial charge in [-0.2, -0.15) is 0 Å². The molecule has 0 bridgehead atoms. The lowest BCUT2D eigenvalue weighted by Gasteiger charge is -2.08. The van der Waals surface area contributed by atoms with E-state index in [-0.39, 0.29) is 12.5 Å². The number of para-hydroxylation sites is 1. The number of fused-ring (bicyclic) bond motifs is 1. The zero-order chi connectivity index (χ0) is 16.2. The largest absolute Gasteiger partial charge is 0.484 e. The predicted molar refractivity (Wildman–Crippen MR) is 94.3 cm³/mol. The molecule has 0 radical (unpaired) electrons. The summed E-state index contributed by atoms with van der Waals surface area (Å²) in [5.41, 5.74) is 2.13. The molecule has 0 aliphatic heterocycles. The molecule has 1 heterocycles. The molecular formula is C18H18N2O2S. The topological polar surface area (TPSA) is 51.2 Å². The minimum atomic E-state index is -0.211. The van der Waals surface area contributed by atoms with Gasteiger partial charge in [0.25, 0.3) is 5.91 Å². The molecule has 0 atom stereocenters. The monoisotopic (exact) mass is 326 g/mol. The van der Waals surface area contributed by atoms with Crippen LogP contribution in [0.3, 0.4) is 0 Å². The molecule has 118 valence electrons. The van der Waals surface area contributed by atoms with Gasteiger partial charge in [-0.3, -0.25) is 10.1 Å². The Hall–Kier alpha value is -2.40. The normalized spacial score (nSPS) is 10.9. The lowest BCUT2D eigenvalue weighted by molar-refractivity contribution is -0.118. The maximum absolute atomic E-state index is 12.0. The highest BCUT2D eigenvalue weighted by atomic mass is 32.1. The number of carbonyl (C=O) groups excluding carboxylic acids is 1. The highest BCUT2D eigenvalue weighted by molar-refractivity contribution is 7.22. The molecule has 0 aliphatic carbocycles. The number of rotatable bonds is 5. The van der Waals surface area contributed by atoms with Crippen LogP contribution in [0, 0.1) is 0 Å². The van der Waals surface area contributed by atoms with E-state index in [1.807, 2.05) is 48.5 Å². The van der Waals surface area contributed by atoms with Gasteiger partial charge in [0.2, 0.25) is 0 Å². The van der Waals surface area contributed by atoms with Crippen LogP contribution in [0.1, 0.15) is 25.3 Å². The zero-order valence-corrected chi connectivity index (χ0v) is 13.9. The van der Waals surface area contributed by atoms with Crippen molar-refractivity contribution in [1.82, 2.24) is 4.98 Å². The Kier molecular flexibility index (Phi) is 4.57. The highest BCUT2D eigenvalue weighted by Crippen LogP contribution is 2.25. The molecule has 0 aliphatic rings. The second-order valence-electron chi connectivity index (χ2n) is 5.55. The van der Waals surface area contributed by atoms with Crippen LogP contribution in [-0.4, -0.2) is 17.5 Å². The summed E-state index contributed by atoms with van der Waals surface area (Å²) in [6.07, 6.45) is 0. The first kappa shape index (κ1) is 15.5. The molecule has 1 amide bonds. The molecule has 0 saturated heterocycles. The molecule has 5 heteroatoms. The number of carbonyl (C=O) groups is 1. The second-order valence-corrected chi connectivity index (χ2v) is 6.58. The maximum atomic E-state index is 12.0. The number of thiazole rings is 1. The fraction of sp³-hybridized carbons (Fsp3) is 0.222. The van der Waals surface area contributed by atoms with E-state index in [2.05, 4.69) is 24.1 Å². The van der Waals surface area contributed by atoms with E-state index in [1.54, 1.807) is 0 Å². The van der Waals surface area contributed by atoms with Gasteiger partial charge in [0.15, 0.2) is 11.7 Å². The number of nitrogens with one attached hydrogen (secondary N) is 1. The lowest BCUT2D eigenvalue weighted by Crippen LogP contribution is -2.20. The minimum Gasteiger partial charge on any atom is -0.484 e. The van der Waals surface area contributed by atoms with Gasteiger partial charge in [0.1, 0.15) is 5.75 Å². The third-order valence-electron chi connectivity index (χ3n) is 3.46. The fourth-order valence-electron chi connectivity index (χ4n) is 2.18. The van der Waals surface area contributed by atoms with Crippen LogP contribution in [0.2, 0.25) is 0 Å². The summed E-state index contributed by atoms with van der Waals surface area (Å²) >= 11 is 1.45. The van der Waals surface area contributed by atoms with Crippen molar-refractivity contribution in [3.63, 3.8) is 0 Å². The summed E-state index contributed by atoms with van der Waals surface area (Å²) in [6, 6.07) is 15.6. The Balaban J connectivity index is 1.56. The first-order valence-corrected chi connectivity index (χ1v) is 8.31. The molecule has 23 heavy (non-hydrogen) atoms. The molecule has 1 N–H and O–H groups in total. The minimum absolute atomic E-state index is 0.0308. The summed E-state index contributed by atoms with van der Waals surface area (Å²) in [5.74, 6) is 0.956.